The molecule has 1 aliphatic heterocycles. The Morgan fingerprint density at radius 1 is 1.31 bits per heavy atom. The summed E-state index contributed by atoms with van der Waals surface area (Å²) in [4.78, 5) is 36.2. The number of amides is 3. The van der Waals surface area contributed by atoms with Gasteiger partial charge in [0.05, 0.1) is 17.6 Å². The number of nitrogens with two attached hydrogens (primary N) is 1. The van der Waals surface area contributed by atoms with Crippen molar-refractivity contribution in [3.05, 3.63) is 28.7 Å². The van der Waals surface area contributed by atoms with Gasteiger partial charge in [0.25, 0.3) is 11.1 Å². The van der Waals surface area contributed by atoms with Crippen molar-refractivity contribution in [2.75, 3.05) is 13.2 Å². The Kier molecular flexibility index (Phi) is 6.68. The Balaban J connectivity index is 2.27. The van der Waals surface area contributed by atoms with Gasteiger partial charge < -0.3 is 15.2 Å². The molecular formula is C18H22N2O5S. The van der Waals surface area contributed by atoms with Crippen LogP contribution < -0.4 is 15.2 Å². The van der Waals surface area contributed by atoms with Crippen LogP contribution in [0.4, 0.5) is 4.79 Å². The Bertz CT molecular complexity index is 747. The molecule has 140 valence electrons. The molecule has 1 fully saturated rings. The van der Waals surface area contributed by atoms with Gasteiger partial charge in [0.15, 0.2) is 11.5 Å². The predicted molar refractivity (Wildman–Crippen MR) is 99.9 cm³/mol. The molecule has 1 aliphatic rings. The van der Waals surface area contributed by atoms with E-state index in [1.165, 1.54) is 0 Å². The highest BCUT2D eigenvalue weighted by Gasteiger charge is 2.35. The number of carbonyl (C=O) groups excluding carboxylic acids is 3. The van der Waals surface area contributed by atoms with Crippen LogP contribution in [-0.4, -0.2) is 41.2 Å². The van der Waals surface area contributed by atoms with Crippen molar-refractivity contribution in [3.63, 3.8) is 0 Å². The minimum absolute atomic E-state index is 0.0466. The van der Waals surface area contributed by atoms with Crippen LogP contribution in [0.3, 0.4) is 0 Å². The zero-order valence-electron chi connectivity index (χ0n) is 15.0. The summed E-state index contributed by atoms with van der Waals surface area (Å²) in [5.41, 5.74) is 5.76. The number of carbonyl (C=O) groups is 3. The molecule has 1 atom stereocenters. The van der Waals surface area contributed by atoms with Gasteiger partial charge in [-0.3, -0.25) is 19.3 Å². The van der Waals surface area contributed by atoms with E-state index < -0.39 is 23.6 Å². The summed E-state index contributed by atoms with van der Waals surface area (Å²) in [7, 11) is 0. The number of imide groups is 1. The molecule has 3 amide bonds. The van der Waals surface area contributed by atoms with Gasteiger partial charge in [-0.25, -0.2) is 0 Å². The highest BCUT2D eigenvalue weighted by Crippen LogP contribution is 2.35. The molecule has 0 aliphatic carbocycles. The van der Waals surface area contributed by atoms with Gasteiger partial charge in [0.2, 0.25) is 5.91 Å². The van der Waals surface area contributed by atoms with Crippen molar-refractivity contribution < 1.29 is 23.9 Å². The van der Waals surface area contributed by atoms with Gasteiger partial charge in [-0.1, -0.05) is 13.0 Å². The first-order valence-corrected chi connectivity index (χ1v) is 9.14. The fourth-order valence-corrected chi connectivity index (χ4v) is 3.06. The average molecular weight is 378 g/mol. The Morgan fingerprint density at radius 3 is 2.65 bits per heavy atom. The summed E-state index contributed by atoms with van der Waals surface area (Å²) in [5.74, 6) is -0.0754. The van der Waals surface area contributed by atoms with E-state index in [1.54, 1.807) is 24.3 Å². The van der Waals surface area contributed by atoms with E-state index in [9.17, 15) is 14.4 Å². The standard InChI is InChI=1S/C18H22N2O5S/c1-4-11(3)25-13-7-6-12(8-14(13)24-5-2)9-15-17(22)20(10-16(19)21)18(23)26-15/h6-9,11H,4-5,10H2,1-3H3,(H2,19,21)/b15-9-. The minimum atomic E-state index is -0.737. The molecule has 0 aromatic heterocycles. The second-order valence-corrected chi connectivity index (χ2v) is 6.70. The molecule has 0 radical (unpaired) electrons. The van der Waals surface area contributed by atoms with E-state index in [1.807, 2.05) is 20.8 Å². The lowest BCUT2D eigenvalue weighted by atomic mass is 10.1. The summed E-state index contributed by atoms with van der Waals surface area (Å²) >= 11 is 0.775. The molecule has 7 nitrogen and oxygen atoms in total. The zero-order chi connectivity index (χ0) is 19.3. The summed E-state index contributed by atoms with van der Waals surface area (Å²) < 4.78 is 11.5. The van der Waals surface area contributed by atoms with Gasteiger partial charge in [-0.15, -0.1) is 0 Å². The largest absolute Gasteiger partial charge is 0.490 e. The van der Waals surface area contributed by atoms with Crippen LogP contribution >= 0.6 is 11.8 Å². The van der Waals surface area contributed by atoms with Crippen LogP contribution in [0.25, 0.3) is 6.08 Å². The fourth-order valence-electron chi connectivity index (χ4n) is 2.22. The summed E-state index contributed by atoms with van der Waals surface area (Å²) in [5, 5.41) is -0.512. The molecule has 1 aromatic carbocycles. The molecule has 1 saturated heterocycles. The molecule has 8 heteroatoms. The Morgan fingerprint density at radius 2 is 2.04 bits per heavy atom. The van der Waals surface area contributed by atoms with Crippen molar-refractivity contribution in [3.8, 4) is 11.5 Å². The first-order chi connectivity index (χ1) is 12.3. The number of hydrogen-bond donors (Lipinski definition) is 1. The van der Waals surface area contributed by atoms with Crippen LogP contribution in [0.1, 0.15) is 32.8 Å². The Labute approximate surface area is 156 Å². The molecule has 0 bridgehead atoms. The molecule has 26 heavy (non-hydrogen) atoms. The van der Waals surface area contributed by atoms with Crippen LogP contribution in [0.2, 0.25) is 0 Å². The van der Waals surface area contributed by atoms with E-state index >= 15 is 0 Å². The van der Waals surface area contributed by atoms with Crippen molar-refractivity contribution in [2.24, 2.45) is 5.73 Å². The maximum absolute atomic E-state index is 12.3. The lowest BCUT2D eigenvalue weighted by molar-refractivity contribution is -0.127. The van der Waals surface area contributed by atoms with Gasteiger partial charge in [0.1, 0.15) is 6.54 Å². The quantitative estimate of drug-likeness (QED) is 0.699. The second-order valence-electron chi connectivity index (χ2n) is 5.71. The van der Waals surface area contributed by atoms with Crippen molar-refractivity contribution >= 4 is 34.9 Å². The molecule has 2 N–H and O–H groups in total. The van der Waals surface area contributed by atoms with Crippen LogP contribution in [0.5, 0.6) is 11.5 Å². The lowest BCUT2D eigenvalue weighted by Crippen LogP contribution is -2.36. The molecule has 2 rings (SSSR count). The van der Waals surface area contributed by atoms with Crippen LogP contribution in [0, 0.1) is 0 Å². The van der Waals surface area contributed by atoms with Gasteiger partial charge in [-0.05, 0) is 55.8 Å². The summed E-state index contributed by atoms with van der Waals surface area (Å²) in [6, 6.07) is 5.31. The molecule has 0 spiro atoms. The van der Waals surface area contributed by atoms with E-state index in [0.29, 0.717) is 23.7 Å². The number of ether oxygens (including phenoxy) is 2. The Hall–Kier alpha value is -2.48. The van der Waals surface area contributed by atoms with Crippen LogP contribution in [0.15, 0.2) is 23.1 Å². The topological polar surface area (TPSA) is 98.9 Å². The first kappa shape index (κ1) is 19.8. The minimum Gasteiger partial charge on any atom is -0.490 e. The summed E-state index contributed by atoms with van der Waals surface area (Å²) in [6.07, 6.45) is 2.49. The van der Waals surface area contributed by atoms with Crippen molar-refractivity contribution in [1.29, 1.82) is 0 Å². The zero-order valence-corrected chi connectivity index (χ0v) is 15.8. The number of nitrogens with zero attached hydrogens (tertiary/aromatic N) is 1. The van der Waals surface area contributed by atoms with Crippen LogP contribution in [-0.2, 0) is 9.59 Å². The maximum Gasteiger partial charge on any atom is 0.294 e. The third-order valence-electron chi connectivity index (χ3n) is 3.66. The number of benzene rings is 1. The highest BCUT2D eigenvalue weighted by molar-refractivity contribution is 8.18. The predicted octanol–water partition coefficient (Wildman–Crippen LogP) is 2.78. The van der Waals surface area contributed by atoms with Crippen molar-refractivity contribution in [2.45, 2.75) is 33.3 Å². The molecule has 1 unspecified atom stereocenters. The molecular weight excluding hydrogens is 356 g/mol. The monoisotopic (exact) mass is 378 g/mol. The summed E-state index contributed by atoms with van der Waals surface area (Å²) in [6.45, 7) is 5.91. The van der Waals surface area contributed by atoms with Gasteiger partial charge in [-0.2, -0.15) is 0 Å². The third kappa shape index (κ3) is 4.78. The van der Waals surface area contributed by atoms with E-state index in [0.717, 1.165) is 23.1 Å². The van der Waals surface area contributed by atoms with Crippen molar-refractivity contribution in [1.82, 2.24) is 4.90 Å². The number of hydrogen-bond acceptors (Lipinski definition) is 6. The molecule has 1 aromatic rings. The van der Waals surface area contributed by atoms with E-state index in [4.69, 9.17) is 15.2 Å². The fraction of sp³-hybridized carbons (Fsp3) is 0.389. The molecule has 0 saturated carbocycles. The molecule has 1 heterocycles. The first-order valence-electron chi connectivity index (χ1n) is 8.32. The normalized spacial score (nSPS) is 16.9. The average Bonchev–Trinajstić information content (AvgIpc) is 2.84. The van der Waals surface area contributed by atoms with Gasteiger partial charge in [0, 0.05) is 0 Å². The number of thioether (sulfide) groups is 1. The number of primary amides is 1. The third-order valence-corrected chi connectivity index (χ3v) is 4.56. The lowest BCUT2D eigenvalue weighted by Gasteiger charge is -2.16. The second kappa shape index (κ2) is 8.75. The van der Waals surface area contributed by atoms with E-state index in [2.05, 4.69) is 0 Å². The maximum atomic E-state index is 12.3. The SMILES string of the molecule is CCOc1cc(/C=C2\SC(=O)N(CC(N)=O)C2=O)ccc1OC(C)CC. The smallest absolute Gasteiger partial charge is 0.294 e. The van der Waals surface area contributed by atoms with Gasteiger partial charge >= 0.3 is 0 Å². The van der Waals surface area contributed by atoms with E-state index in [-0.39, 0.29) is 11.0 Å². The highest BCUT2D eigenvalue weighted by atomic mass is 32.2. The number of rotatable bonds is 8.